The summed E-state index contributed by atoms with van der Waals surface area (Å²) >= 11 is 0. The number of guanidine groups is 1. The fraction of sp³-hybridized carbons (Fsp3) is 0.417. The van der Waals surface area contributed by atoms with Crippen molar-refractivity contribution in [2.75, 3.05) is 13.1 Å². The van der Waals surface area contributed by atoms with E-state index >= 15 is 0 Å². The van der Waals surface area contributed by atoms with Crippen LogP contribution in [0.4, 0.5) is 0 Å². The zero-order valence-electron chi connectivity index (χ0n) is 18.4. The number of nitrogens with two attached hydrogens (primary N) is 1. The van der Waals surface area contributed by atoms with Crippen LogP contribution in [0.15, 0.2) is 59.6 Å². The molecule has 2 aromatic rings. The fourth-order valence-corrected chi connectivity index (χ4v) is 3.91. The predicted octanol–water partition coefficient (Wildman–Crippen LogP) is 3.51. The first-order chi connectivity index (χ1) is 14.5. The Morgan fingerprint density at radius 2 is 1.90 bits per heavy atom. The van der Waals surface area contributed by atoms with Crippen LogP contribution in [0.2, 0.25) is 0 Å². The van der Waals surface area contributed by atoms with Gasteiger partial charge in [-0.05, 0) is 49.9 Å². The largest absolute Gasteiger partial charge is 0.366 e. The lowest BCUT2D eigenvalue weighted by Crippen LogP contribution is -2.51. The quantitative estimate of drug-likeness (QED) is 0.288. The summed E-state index contributed by atoms with van der Waals surface area (Å²) in [6.07, 6.45) is 2.16. The summed E-state index contributed by atoms with van der Waals surface area (Å²) in [5, 5.41) is 6.94. The van der Waals surface area contributed by atoms with Crippen molar-refractivity contribution in [2.45, 2.75) is 51.9 Å². The topological polar surface area (TPSA) is 82.7 Å². The van der Waals surface area contributed by atoms with Gasteiger partial charge in [0, 0.05) is 37.3 Å². The molecule has 0 saturated carbocycles. The second kappa shape index (κ2) is 12.7. The predicted molar refractivity (Wildman–Crippen MR) is 138 cm³/mol. The van der Waals surface area contributed by atoms with Gasteiger partial charge in [0.15, 0.2) is 5.96 Å². The third-order valence-electron chi connectivity index (χ3n) is 5.56. The molecular weight excluding hydrogens is 501 g/mol. The first-order valence-corrected chi connectivity index (χ1v) is 10.8. The lowest BCUT2D eigenvalue weighted by molar-refractivity contribution is 0.1000. The highest BCUT2D eigenvalue weighted by molar-refractivity contribution is 14.0. The number of likely N-dealkylation sites (tertiary alicyclic amines) is 1. The summed E-state index contributed by atoms with van der Waals surface area (Å²) in [5.41, 5.74) is 8.23. The van der Waals surface area contributed by atoms with Crippen molar-refractivity contribution in [2.24, 2.45) is 10.7 Å². The van der Waals surface area contributed by atoms with Crippen molar-refractivity contribution in [1.29, 1.82) is 0 Å². The van der Waals surface area contributed by atoms with Crippen molar-refractivity contribution >= 4 is 35.8 Å². The number of hydrogen-bond acceptors (Lipinski definition) is 3. The van der Waals surface area contributed by atoms with E-state index in [4.69, 9.17) is 10.7 Å². The van der Waals surface area contributed by atoms with E-state index in [2.05, 4.69) is 59.7 Å². The second-order valence-electron chi connectivity index (χ2n) is 7.93. The molecule has 7 heteroatoms. The number of amides is 1. The summed E-state index contributed by atoms with van der Waals surface area (Å²) in [7, 11) is 0. The normalized spacial score (nSPS) is 19.4. The molecule has 31 heavy (non-hydrogen) atoms. The summed E-state index contributed by atoms with van der Waals surface area (Å²) < 4.78 is 0. The van der Waals surface area contributed by atoms with Crippen LogP contribution >= 0.6 is 24.0 Å². The molecule has 1 saturated heterocycles. The Labute approximate surface area is 202 Å². The van der Waals surface area contributed by atoms with Crippen LogP contribution in [0.5, 0.6) is 0 Å². The Kier molecular flexibility index (Phi) is 10.3. The lowest BCUT2D eigenvalue weighted by atomic mass is 9.97. The number of aliphatic imine (C=N–C) groups is 1. The molecule has 4 N–H and O–H groups in total. The molecular formula is C24H34IN5O. The van der Waals surface area contributed by atoms with Gasteiger partial charge in [-0.25, -0.2) is 4.99 Å². The number of carbonyl (C=O) groups excluding carboxylic acids is 1. The third-order valence-corrected chi connectivity index (χ3v) is 5.56. The van der Waals surface area contributed by atoms with E-state index in [0.717, 1.165) is 44.0 Å². The maximum Gasteiger partial charge on any atom is 0.248 e. The molecule has 168 valence electrons. The molecule has 1 heterocycles. The van der Waals surface area contributed by atoms with Gasteiger partial charge < -0.3 is 16.4 Å². The number of piperidine rings is 1. The standard InChI is InChI=1S/C24H33N5O.HI/c1-3-26-24(27-16-20-10-7-11-21(15-20)23(25)30)28-22-12-13-29(18(2)14-22)17-19-8-5-4-6-9-19;/h4-11,15,18,22H,3,12-14,16-17H2,1-2H3,(H2,25,30)(H2,26,27,28);1H. The van der Waals surface area contributed by atoms with Gasteiger partial charge in [-0.2, -0.15) is 0 Å². The number of hydrogen-bond donors (Lipinski definition) is 3. The monoisotopic (exact) mass is 535 g/mol. The van der Waals surface area contributed by atoms with E-state index in [1.165, 1.54) is 5.56 Å². The van der Waals surface area contributed by atoms with Gasteiger partial charge in [0.2, 0.25) is 5.91 Å². The van der Waals surface area contributed by atoms with Crippen LogP contribution in [0.1, 0.15) is 48.2 Å². The minimum Gasteiger partial charge on any atom is -0.366 e. The Morgan fingerprint density at radius 3 is 2.58 bits per heavy atom. The van der Waals surface area contributed by atoms with Crippen molar-refractivity contribution in [3.63, 3.8) is 0 Å². The van der Waals surface area contributed by atoms with Crippen molar-refractivity contribution in [1.82, 2.24) is 15.5 Å². The summed E-state index contributed by atoms with van der Waals surface area (Å²) in [6.45, 7) is 7.73. The molecule has 0 bridgehead atoms. The van der Waals surface area contributed by atoms with Crippen LogP contribution in [0.3, 0.4) is 0 Å². The minimum absolute atomic E-state index is 0. The number of primary amides is 1. The Hall–Kier alpha value is -2.13. The van der Waals surface area contributed by atoms with Crippen LogP contribution in [-0.2, 0) is 13.1 Å². The third kappa shape index (κ3) is 7.81. The molecule has 1 amide bonds. The molecule has 2 atom stereocenters. The van der Waals surface area contributed by atoms with Crippen LogP contribution in [-0.4, -0.2) is 41.9 Å². The molecule has 0 aliphatic carbocycles. The second-order valence-corrected chi connectivity index (χ2v) is 7.93. The molecule has 1 fully saturated rings. The molecule has 2 aromatic carbocycles. The van der Waals surface area contributed by atoms with Crippen molar-refractivity contribution in [3.8, 4) is 0 Å². The van der Waals surface area contributed by atoms with E-state index in [-0.39, 0.29) is 24.0 Å². The van der Waals surface area contributed by atoms with Gasteiger partial charge in [0.1, 0.15) is 0 Å². The van der Waals surface area contributed by atoms with Crippen LogP contribution in [0.25, 0.3) is 0 Å². The lowest BCUT2D eigenvalue weighted by Gasteiger charge is -2.38. The SMILES string of the molecule is CCNC(=NCc1cccc(C(N)=O)c1)NC1CCN(Cc2ccccc2)C(C)C1.I. The van der Waals surface area contributed by atoms with E-state index in [1.807, 2.05) is 12.1 Å². The molecule has 1 aliphatic heterocycles. The molecule has 6 nitrogen and oxygen atoms in total. The van der Waals surface area contributed by atoms with Gasteiger partial charge in [-0.1, -0.05) is 42.5 Å². The van der Waals surface area contributed by atoms with Gasteiger partial charge in [-0.3, -0.25) is 9.69 Å². The van der Waals surface area contributed by atoms with Crippen molar-refractivity contribution in [3.05, 3.63) is 71.3 Å². The number of nitrogens with one attached hydrogen (secondary N) is 2. The van der Waals surface area contributed by atoms with E-state index < -0.39 is 5.91 Å². The Morgan fingerprint density at radius 1 is 1.16 bits per heavy atom. The van der Waals surface area contributed by atoms with Crippen molar-refractivity contribution < 1.29 is 4.79 Å². The number of halogens is 1. The number of carbonyl (C=O) groups is 1. The summed E-state index contributed by atoms with van der Waals surface area (Å²) in [5.74, 6) is 0.401. The number of rotatable bonds is 7. The average molecular weight is 535 g/mol. The first kappa shape index (κ1) is 25.1. The van der Waals surface area contributed by atoms with Gasteiger partial charge >= 0.3 is 0 Å². The van der Waals surface area contributed by atoms with Gasteiger partial charge in [-0.15, -0.1) is 24.0 Å². The molecule has 2 unspecified atom stereocenters. The maximum atomic E-state index is 11.4. The highest BCUT2D eigenvalue weighted by atomic mass is 127. The molecule has 0 radical (unpaired) electrons. The van der Waals surface area contributed by atoms with Crippen LogP contribution < -0.4 is 16.4 Å². The highest BCUT2D eigenvalue weighted by Gasteiger charge is 2.25. The van der Waals surface area contributed by atoms with E-state index in [0.29, 0.717) is 24.2 Å². The Balaban J connectivity index is 0.00000341. The molecule has 1 aliphatic rings. The zero-order valence-corrected chi connectivity index (χ0v) is 20.7. The molecule has 0 aromatic heterocycles. The van der Waals surface area contributed by atoms with Crippen LogP contribution in [0, 0.1) is 0 Å². The van der Waals surface area contributed by atoms with E-state index in [9.17, 15) is 4.79 Å². The fourth-order valence-electron chi connectivity index (χ4n) is 3.91. The number of nitrogens with zero attached hydrogens (tertiary/aromatic N) is 2. The van der Waals surface area contributed by atoms with Gasteiger partial charge in [0.25, 0.3) is 0 Å². The summed E-state index contributed by atoms with van der Waals surface area (Å²) in [4.78, 5) is 18.7. The minimum atomic E-state index is -0.415. The average Bonchev–Trinajstić information content (AvgIpc) is 2.75. The van der Waals surface area contributed by atoms with Gasteiger partial charge in [0.05, 0.1) is 6.54 Å². The maximum absolute atomic E-state index is 11.4. The smallest absolute Gasteiger partial charge is 0.248 e. The zero-order chi connectivity index (χ0) is 21.3. The molecule has 0 spiro atoms. The first-order valence-electron chi connectivity index (χ1n) is 10.8. The number of benzene rings is 2. The molecule has 3 rings (SSSR count). The Bertz CT molecular complexity index is 858. The summed E-state index contributed by atoms with van der Waals surface area (Å²) in [6, 6.07) is 18.9. The van der Waals surface area contributed by atoms with E-state index in [1.54, 1.807) is 12.1 Å². The highest BCUT2D eigenvalue weighted by Crippen LogP contribution is 2.20.